The molecule has 0 spiro atoms. The van der Waals surface area contributed by atoms with E-state index in [2.05, 4.69) is 24.3 Å². The molecule has 0 atom stereocenters. The highest BCUT2D eigenvalue weighted by Gasteiger charge is 2.24. The lowest BCUT2D eigenvalue weighted by Gasteiger charge is -2.29. The maximum Gasteiger partial charge on any atom is 0.254 e. The van der Waals surface area contributed by atoms with Crippen molar-refractivity contribution in [2.45, 2.75) is 45.8 Å². The van der Waals surface area contributed by atoms with Gasteiger partial charge in [0.2, 0.25) is 0 Å². The highest BCUT2D eigenvalue weighted by atomic mass is 16.7. The van der Waals surface area contributed by atoms with Crippen molar-refractivity contribution in [3.8, 4) is 5.75 Å². The van der Waals surface area contributed by atoms with Gasteiger partial charge in [0.1, 0.15) is 5.75 Å². The van der Waals surface area contributed by atoms with E-state index in [1.54, 1.807) is 0 Å². The number of carbonyl (C=O) groups excluding carboxylic acids is 1. The van der Waals surface area contributed by atoms with Crippen molar-refractivity contribution in [1.29, 1.82) is 0 Å². The van der Waals surface area contributed by atoms with E-state index in [4.69, 9.17) is 14.2 Å². The average Bonchev–Trinajstić information content (AvgIpc) is 2.76. The summed E-state index contributed by atoms with van der Waals surface area (Å²) >= 11 is 0. The van der Waals surface area contributed by atoms with E-state index in [1.165, 1.54) is 5.56 Å². The van der Waals surface area contributed by atoms with E-state index < -0.39 is 0 Å². The molecule has 0 aliphatic carbocycles. The number of rotatable bonds is 12. The largest absolute Gasteiger partial charge is 0.493 e. The van der Waals surface area contributed by atoms with Gasteiger partial charge >= 0.3 is 0 Å². The molecule has 30 heavy (non-hydrogen) atoms. The summed E-state index contributed by atoms with van der Waals surface area (Å²) in [5.74, 6) is 0.925. The topological polar surface area (TPSA) is 48.0 Å². The van der Waals surface area contributed by atoms with E-state index in [-0.39, 0.29) is 12.2 Å². The minimum absolute atomic E-state index is 0.128. The van der Waals surface area contributed by atoms with Crippen LogP contribution in [0.4, 0.5) is 0 Å². The Balaban J connectivity index is 1.49. The van der Waals surface area contributed by atoms with Gasteiger partial charge in [0.25, 0.3) is 5.91 Å². The predicted molar refractivity (Wildman–Crippen MR) is 118 cm³/mol. The summed E-state index contributed by atoms with van der Waals surface area (Å²) in [6, 6.07) is 16.2. The van der Waals surface area contributed by atoms with Crippen molar-refractivity contribution in [3.63, 3.8) is 0 Å². The van der Waals surface area contributed by atoms with Crippen molar-refractivity contribution in [2.75, 3.05) is 32.9 Å². The smallest absolute Gasteiger partial charge is 0.254 e. The molecule has 0 saturated carbocycles. The van der Waals surface area contributed by atoms with Crippen LogP contribution in [0.5, 0.6) is 5.75 Å². The second kappa shape index (κ2) is 11.7. The first kappa shape index (κ1) is 22.3. The SMILES string of the molecule is CCOC(CCOc1ccc2c(c1)CCN(CCCc1ccccc1)C2=O)OCC. The van der Waals surface area contributed by atoms with Gasteiger partial charge in [-0.2, -0.15) is 0 Å². The van der Waals surface area contributed by atoms with E-state index in [1.807, 2.05) is 43.0 Å². The summed E-state index contributed by atoms with van der Waals surface area (Å²) in [4.78, 5) is 14.8. The molecule has 0 unspecified atom stereocenters. The van der Waals surface area contributed by atoms with Gasteiger partial charge in [-0.3, -0.25) is 4.79 Å². The molecular weight excluding hydrogens is 378 g/mol. The van der Waals surface area contributed by atoms with Crippen molar-refractivity contribution in [3.05, 3.63) is 65.2 Å². The van der Waals surface area contributed by atoms with Crippen LogP contribution in [0.3, 0.4) is 0 Å². The van der Waals surface area contributed by atoms with Gasteiger partial charge in [-0.1, -0.05) is 30.3 Å². The van der Waals surface area contributed by atoms with E-state index in [9.17, 15) is 4.79 Å². The zero-order valence-electron chi connectivity index (χ0n) is 18.1. The van der Waals surface area contributed by atoms with Gasteiger partial charge < -0.3 is 19.1 Å². The molecule has 0 aromatic heterocycles. The molecular formula is C25H33NO4. The molecule has 2 aromatic carbocycles. The van der Waals surface area contributed by atoms with Crippen LogP contribution >= 0.6 is 0 Å². The minimum atomic E-state index is -0.233. The van der Waals surface area contributed by atoms with Gasteiger partial charge in [0.15, 0.2) is 6.29 Å². The Morgan fingerprint density at radius 1 is 1.03 bits per heavy atom. The maximum atomic E-state index is 12.9. The Morgan fingerprint density at radius 2 is 1.80 bits per heavy atom. The molecule has 1 aliphatic rings. The summed E-state index contributed by atoms with van der Waals surface area (Å²) in [7, 11) is 0. The Bertz CT molecular complexity index is 787. The molecule has 2 aromatic rings. The van der Waals surface area contributed by atoms with E-state index in [0.29, 0.717) is 26.2 Å². The molecule has 1 aliphatic heterocycles. The lowest BCUT2D eigenvalue weighted by molar-refractivity contribution is -0.142. The van der Waals surface area contributed by atoms with Gasteiger partial charge in [0, 0.05) is 38.3 Å². The van der Waals surface area contributed by atoms with Crippen molar-refractivity contribution in [1.82, 2.24) is 4.90 Å². The lowest BCUT2D eigenvalue weighted by atomic mass is 9.98. The average molecular weight is 412 g/mol. The summed E-state index contributed by atoms with van der Waals surface area (Å²) in [5, 5.41) is 0. The fourth-order valence-corrected chi connectivity index (χ4v) is 3.79. The van der Waals surface area contributed by atoms with Crippen LogP contribution in [0.1, 0.15) is 48.2 Å². The number of carbonyl (C=O) groups is 1. The third-order valence-electron chi connectivity index (χ3n) is 5.31. The molecule has 5 heteroatoms. The van der Waals surface area contributed by atoms with Crippen molar-refractivity contribution < 1.29 is 19.0 Å². The third-order valence-corrected chi connectivity index (χ3v) is 5.31. The summed E-state index contributed by atoms with van der Waals surface area (Å²) < 4.78 is 17.0. The van der Waals surface area contributed by atoms with Gasteiger partial charge in [-0.05, 0) is 62.4 Å². The molecule has 162 valence electrons. The van der Waals surface area contributed by atoms with Crippen LogP contribution in [0.25, 0.3) is 0 Å². The van der Waals surface area contributed by atoms with Crippen LogP contribution in [-0.2, 0) is 22.3 Å². The highest BCUT2D eigenvalue weighted by molar-refractivity contribution is 5.96. The number of hydrogen-bond donors (Lipinski definition) is 0. The van der Waals surface area contributed by atoms with Crippen LogP contribution in [0, 0.1) is 0 Å². The van der Waals surface area contributed by atoms with E-state index in [0.717, 1.165) is 49.2 Å². The molecule has 3 rings (SSSR count). The maximum absolute atomic E-state index is 12.9. The monoisotopic (exact) mass is 411 g/mol. The molecule has 0 bridgehead atoms. The quantitative estimate of drug-likeness (QED) is 0.483. The number of ether oxygens (including phenoxy) is 3. The van der Waals surface area contributed by atoms with Crippen molar-refractivity contribution in [2.24, 2.45) is 0 Å². The first-order valence-corrected chi connectivity index (χ1v) is 11.0. The zero-order chi connectivity index (χ0) is 21.2. The van der Waals surface area contributed by atoms with E-state index >= 15 is 0 Å². The second-order valence-corrected chi connectivity index (χ2v) is 7.43. The molecule has 1 heterocycles. The minimum Gasteiger partial charge on any atom is -0.493 e. The fourth-order valence-electron chi connectivity index (χ4n) is 3.79. The number of aryl methyl sites for hydroxylation is 1. The fraction of sp³-hybridized carbons (Fsp3) is 0.480. The standard InChI is InChI=1S/C25H33NO4/c1-3-28-24(29-4-2)15-18-30-22-12-13-23-21(19-22)14-17-26(25(23)27)16-8-11-20-9-6-5-7-10-20/h5-7,9-10,12-13,19,24H,3-4,8,11,14-18H2,1-2H3. The molecule has 0 saturated heterocycles. The summed E-state index contributed by atoms with van der Waals surface area (Å²) in [6.45, 7) is 7.23. The summed E-state index contributed by atoms with van der Waals surface area (Å²) in [5.41, 5.74) is 3.19. The van der Waals surface area contributed by atoms with Crippen molar-refractivity contribution >= 4 is 5.91 Å². The Hall–Kier alpha value is -2.37. The summed E-state index contributed by atoms with van der Waals surface area (Å²) in [6.07, 6.45) is 3.28. The highest BCUT2D eigenvalue weighted by Crippen LogP contribution is 2.24. The second-order valence-electron chi connectivity index (χ2n) is 7.43. The predicted octanol–water partition coefficient (Wildman–Crippen LogP) is 4.49. The third kappa shape index (κ3) is 6.31. The normalized spacial score (nSPS) is 13.6. The number of hydrogen-bond acceptors (Lipinski definition) is 4. The van der Waals surface area contributed by atoms with Crippen LogP contribution < -0.4 is 4.74 Å². The van der Waals surface area contributed by atoms with Crippen LogP contribution in [0.2, 0.25) is 0 Å². The van der Waals surface area contributed by atoms with Gasteiger partial charge in [-0.15, -0.1) is 0 Å². The lowest BCUT2D eigenvalue weighted by Crippen LogP contribution is -2.38. The van der Waals surface area contributed by atoms with Gasteiger partial charge in [0.05, 0.1) is 6.61 Å². The van der Waals surface area contributed by atoms with Crippen LogP contribution in [0.15, 0.2) is 48.5 Å². The molecule has 0 N–H and O–H groups in total. The van der Waals surface area contributed by atoms with Crippen LogP contribution in [-0.4, -0.2) is 50.0 Å². The number of amides is 1. The Labute approximate surface area is 179 Å². The molecule has 1 amide bonds. The zero-order valence-corrected chi connectivity index (χ0v) is 18.1. The Morgan fingerprint density at radius 3 is 2.53 bits per heavy atom. The van der Waals surface area contributed by atoms with Gasteiger partial charge in [-0.25, -0.2) is 0 Å². The first-order valence-electron chi connectivity index (χ1n) is 11.0. The Kier molecular flexibility index (Phi) is 8.72. The first-order chi connectivity index (χ1) is 14.7. The molecule has 0 fully saturated rings. The molecule has 5 nitrogen and oxygen atoms in total. The number of fused-ring (bicyclic) bond motifs is 1. The number of nitrogens with zero attached hydrogens (tertiary/aromatic N) is 1. The molecule has 0 radical (unpaired) electrons. The number of benzene rings is 2.